The molecule has 180 valence electrons. The molecule has 0 aliphatic rings. The third kappa shape index (κ3) is 4.82. The van der Waals surface area contributed by atoms with E-state index in [1.54, 1.807) is 37.5 Å². The van der Waals surface area contributed by atoms with E-state index in [0.717, 1.165) is 11.1 Å². The molecule has 2 heterocycles. The standard InChI is InChI=1S/C27H21N3O5S/c1-17(31)35-21-11-7-6-10-20(21)25-28-27-30(29-25)26(32)24(36-27)15-19-12-13-22(23(14-19)33-2)34-16-18-8-4-3-5-9-18/h3-15H,16H2,1-2H3/b24-15-. The van der Waals surface area contributed by atoms with Crippen molar-refractivity contribution in [3.63, 3.8) is 0 Å². The van der Waals surface area contributed by atoms with Gasteiger partial charge < -0.3 is 14.2 Å². The fourth-order valence-electron chi connectivity index (χ4n) is 3.62. The van der Waals surface area contributed by atoms with E-state index in [1.165, 1.54) is 22.8 Å². The highest BCUT2D eigenvalue weighted by Gasteiger charge is 2.16. The summed E-state index contributed by atoms with van der Waals surface area (Å²) in [7, 11) is 1.58. The molecule has 0 radical (unpaired) electrons. The lowest BCUT2D eigenvalue weighted by Crippen LogP contribution is -2.23. The highest BCUT2D eigenvalue weighted by molar-refractivity contribution is 7.15. The molecule has 0 aliphatic carbocycles. The van der Waals surface area contributed by atoms with Crippen LogP contribution in [0.5, 0.6) is 17.2 Å². The number of ether oxygens (including phenoxy) is 3. The van der Waals surface area contributed by atoms with Crippen molar-refractivity contribution in [3.05, 3.63) is 98.8 Å². The fraction of sp³-hybridized carbons (Fsp3) is 0.111. The molecule has 0 amide bonds. The molecule has 0 aliphatic heterocycles. The van der Waals surface area contributed by atoms with Gasteiger partial charge in [-0.05, 0) is 41.5 Å². The zero-order valence-electron chi connectivity index (χ0n) is 19.5. The Morgan fingerprint density at radius 2 is 1.78 bits per heavy atom. The summed E-state index contributed by atoms with van der Waals surface area (Å²) in [5, 5.41) is 4.36. The normalized spacial score (nSPS) is 11.6. The van der Waals surface area contributed by atoms with Gasteiger partial charge in [0.1, 0.15) is 12.4 Å². The number of aromatic nitrogens is 3. The third-order valence-electron chi connectivity index (χ3n) is 5.29. The number of carbonyl (C=O) groups excluding carboxylic acids is 1. The highest BCUT2D eigenvalue weighted by Crippen LogP contribution is 2.30. The Morgan fingerprint density at radius 3 is 2.53 bits per heavy atom. The van der Waals surface area contributed by atoms with E-state index in [4.69, 9.17) is 14.2 Å². The molecule has 0 saturated carbocycles. The molecule has 3 aromatic carbocycles. The average molecular weight is 500 g/mol. The van der Waals surface area contributed by atoms with E-state index in [0.29, 0.717) is 44.7 Å². The second-order valence-corrected chi connectivity index (χ2v) is 8.83. The second kappa shape index (κ2) is 10.0. The van der Waals surface area contributed by atoms with Gasteiger partial charge in [0.2, 0.25) is 4.96 Å². The topological polar surface area (TPSA) is 92.0 Å². The van der Waals surface area contributed by atoms with Crippen LogP contribution in [0.15, 0.2) is 77.6 Å². The molecule has 9 heteroatoms. The number of esters is 1. The van der Waals surface area contributed by atoms with E-state index in [2.05, 4.69) is 10.1 Å². The number of carbonyl (C=O) groups is 1. The van der Waals surface area contributed by atoms with Crippen LogP contribution < -0.4 is 24.3 Å². The number of hydrogen-bond acceptors (Lipinski definition) is 8. The number of benzene rings is 3. The van der Waals surface area contributed by atoms with Crippen LogP contribution in [0.1, 0.15) is 18.1 Å². The molecule has 36 heavy (non-hydrogen) atoms. The van der Waals surface area contributed by atoms with Gasteiger partial charge in [-0.25, -0.2) is 0 Å². The number of rotatable bonds is 7. The summed E-state index contributed by atoms with van der Waals surface area (Å²) in [5.41, 5.74) is 2.07. The number of hydrogen-bond donors (Lipinski definition) is 0. The first-order valence-corrected chi connectivity index (χ1v) is 11.9. The van der Waals surface area contributed by atoms with Crippen molar-refractivity contribution in [2.45, 2.75) is 13.5 Å². The van der Waals surface area contributed by atoms with Gasteiger partial charge in [0, 0.05) is 6.92 Å². The summed E-state index contributed by atoms with van der Waals surface area (Å²) in [6, 6.07) is 22.3. The Kier molecular flexibility index (Phi) is 6.46. The van der Waals surface area contributed by atoms with Gasteiger partial charge in [-0.1, -0.05) is 59.9 Å². The maximum absolute atomic E-state index is 13.0. The molecule has 0 fully saturated rings. The summed E-state index contributed by atoms with van der Waals surface area (Å²) < 4.78 is 18.4. The van der Waals surface area contributed by atoms with Crippen LogP contribution >= 0.6 is 11.3 Å². The fourth-order valence-corrected chi connectivity index (χ4v) is 4.53. The molecule has 0 spiro atoms. The van der Waals surface area contributed by atoms with E-state index in [-0.39, 0.29) is 5.56 Å². The number of methoxy groups -OCH3 is 1. The van der Waals surface area contributed by atoms with Crippen LogP contribution in [-0.4, -0.2) is 27.7 Å². The number of nitrogens with zero attached hydrogens (tertiary/aromatic N) is 3. The van der Waals surface area contributed by atoms with Crippen LogP contribution in [0.3, 0.4) is 0 Å². The Bertz CT molecular complexity index is 1660. The first-order valence-electron chi connectivity index (χ1n) is 11.1. The minimum atomic E-state index is -0.447. The Morgan fingerprint density at radius 1 is 1.00 bits per heavy atom. The van der Waals surface area contributed by atoms with Gasteiger partial charge in [-0.15, -0.1) is 5.10 Å². The molecule has 0 unspecified atom stereocenters. The molecule has 2 aromatic heterocycles. The lowest BCUT2D eigenvalue weighted by molar-refractivity contribution is -0.131. The van der Waals surface area contributed by atoms with Crippen molar-refractivity contribution in [1.29, 1.82) is 0 Å². The van der Waals surface area contributed by atoms with Gasteiger partial charge in [0.05, 0.1) is 17.2 Å². The summed E-state index contributed by atoms with van der Waals surface area (Å²) >= 11 is 1.22. The first kappa shape index (κ1) is 23.3. The number of thiazole rings is 1. The largest absolute Gasteiger partial charge is 0.493 e. The Balaban J connectivity index is 1.43. The van der Waals surface area contributed by atoms with Crippen LogP contribution in [0.4, 0.5) is 0 Å². The summed E-state index contributed by atoms with van der Waals surface area (Å²) in [6.07, 6.45) is 1.76. The predicted octanol–water partition coefficient (Wildman–Crippen LogP) is 3.88. The average Bonchev–Trinajstić information content (AvgIpc) is 3.42. The van der Waals surface area contributed by atoms with E-state index < -0.39 is 5.97 Å². The molecule has 0 atom stereocenters. The zero-order valence-corrected chi connectivity index (χ0v) is 20.3. The van der Waals surface area contributed by atoms with Gasteiger partial charge in [0.25, 0.3) is 5.56 Å². The maximum atomic E-state index is 13.0. The number of fused-ring (bicyclic) bond motifs is 1. The van der Waals surface area contributed by atoms with Crippen molar-refractivity contribution in [2.24, 2.45) is 0 Å². The van der Waals surface area contributed by atoms with Gasteiger partial charge in [0.15, 0.2) is 17.3 Å². The summed E-state index contributed by atoms with van der Waals surface area (Å²) in [4.78, 5) is 29.4. The lowest BCUT2D eigenvalue weighted by Gasteiger charge is -2.11. The van der Waals surface area contributed by atoms with Crippen molar-refractivity contribution in [1.82, 2.24) is 14.6 Å². The molecule has 8 nitrogen and oxygen atoms in total. The Hall–Kier alpha value is -4.50. The van der Waals surface area contributed by atoms with E-state index >= 15 is 0 Å². The summed E-state index contributed by atoms with van der Waals surface area (Å²) in [5.74, 6) is 1.37. The van der Waals surface area contributed by atoms with Crippen molar-refractivity contribution in [3.8, 4) is 28.6 Å². The first-order chi connectivity index (χ1) is 17.5. The molecule has 0 bridgehead atoms. The third-order valence-corrected chi connectivity index (χ3v) is 6.25. The molecular weight excluding hydrogens is 478 g/mol. The smallest absolute Gasteiger partial charge is 0.308 e. The van der Waals surface area contributed by atoms with Crippen molar-refractivity contribution < 1.29 is 19.0 Å². The van der Waals surface area contributed by atoms with E-state index in [9.17, 15) is 9.59 Å². The minimum absolute atomic E-state index is 0.290. The van der Waals surface area contributed by atoms with Crippen molar-refractivity contribution in [2.75, 3.05) is 7.11 Å². The predicted molar refractivity (Wildman–Crippen MR) is 136 cm³/mol. The van der Waals surface area contributed by atoms with Crippen LogP contribution in [0, 0.1) is 0 Å². The van der Waals surface area contributed by atoms with Crippen LogP contribution in [0.25, 0.3) is 22.4 Å². The molecule has 5 aromatic rings. The van der Waals surface area contributed by atoms with Crippen LogP contribution in [0.2, 0.25) is 0 Å². The second-order valence-electron chi connectivity index (χ2n) is 7.82. The number of para-hydroxylation sites is 1. The van der Waals surface area contributed by atoms with Gasteiger partial charge in [-0.2, -0.15) is 9.50 Å². The Labute approximate surface area is 210 Å². The maximum Gasteiger partial charge on any atom is 0.308 e. The zero-order chi connectivity index (χ0) is 25.1. The van der Waals surface area contributed by atoms with Crippen molar-refractivity contribution >= 4 is 28.3 Å². The van der Waals surface area contributed by atoms with E-state index in [1.807, 2.05) is 48.5 Å². The minimum Gasteiger partial charge on any atom is -0.493 e. The van der Waals surface area contributed by atoms with Crippen LogP contribution in [-0.2, 0) is 11.4 Å². The highest BCUT2D eigenvalue weighted by atomic mass is 32.1. The SMILES string of the molecule is COc1cc(/C=c2\sc3nc(-c4ccccc4OC(C)=O)nn3c2=O)ccc1OCc1ccccc1. The monoisotopic (exact) mass is 499 g/mol. The summed E-state index contributed by atoms with van der Waals surface area (Å²) in [6.45, 7) is 1.74. The quantitative estimate of drug-likeness (QED) is 0.248. The molecule has 0 N–H and O–H groups in total. The molecule has 0 saturated heterocycles. The lowest BCUT2D eigenvalue weighted by atomic mass is 10.2. The van der Waals surface area contributed by atoms with Gasteiger partial charge >= 0.3 is 5.97 Å². The molecular formula is C27H21N3O5S. The molecule has 5 rings (SSSR count). The van der Waals surface area contributed by atoms with Gasteiger partial charge in [-0.3, -0.25) is 9.59 Å².